The largest absolute Gasteiger partial charge is 0.304 e. The zero-order chi connectivity index (χ0) is 8.27. The van der Waals surface area contributed by atoms with Crippen molar-refractivity contribution in [3.05, 3.63) is 6.04 Å². The standard InChI is InChI=1S/C9H15N2/c1-4-9(2)11-7-5-10(3)6-8-11/h1H,5-8H2,2-3H3. The third-order valence-corrected chi connectivity index (χ3v) is 2.19. The topological polar surface area (TPSA) is 6.48 Å². The molecule has 0 saturated carbocycles. The Labute approximate surface area is 69.2 Å². The molecule has 1 heterocycles. The van der Waals surface area contributed by atoms with E-state index in [1.807, 2.05) is 6.92 Å². The summed E-state index contributed by atoms with van der Waals surface area (Å²) in [5, 5.41) is 0. The Hall–Kier alpha value is -0.520. The van der Waals surface area contributed by atoms with Gasteiger partial charge in [0.05, 0.1) is 0 Å². The van der Waals surface area contributed by atoms with Crippen LogP contribution in [0.1, 0.15) is 6.92 Å². The summed E-state index contributed by atoms with van der Waals surface area (Å²) < 4.78 is 0. The maximum Gasteiger partial charge on any atom is 0.109 e. The van der Waals surface area contributed by atoms with Gasteiger partial charge in [0.2, 0.25) is 0 Å². The van der Waals surface area contributed by atoms with Crippen molar-refractivity contribution in [2.45, 2.75) is 6.92 Å². The Balaban J connectivity index is 2.34. The smallest absolute Gasteiger partial charge is 0.109 e. The molecule has 0 aliphatic carbocycles. The van der Waals surface area contributed by atoms with Gasteiger partial charge in [0.25, 0.3) is 0 Å². The molecule has 1 radical (unpaired) electrons. The first kappa shape index (κ1) is 8.58. The van der Waals surface area contributed by atoms with Crippen LogP contribution in [0.25, 0.3) is 0 Å². The molecule has 0 bridgehead atoms. The molecule has 0 aromatic carbocycles. The molecule has 1 aliphatic heterocycles. The van der Waals surface area contributed by atoms with Gasteiger partial charge in [0.1, 0.15) is 6.04 Å². The second-order valence-electron chi connectivity index (χ2n) is 3.02. The summed E-state index contributed by atoms with van der Waals surface area (Å²) in [7, 11) is 2.14. The van der Waals surface area contributed by atoms with Gasteiger partial charge in [-0.05, 0) is 14.0 Å². The summed E-state index contributed by atoms with van der Waals surface area (Å²) in [6.45, 7) is 6.41. The molecule has 1 aliphatic rings. The molecule has 0 aromatic heterocycles. The van der Waals surface area contributed by atoms with Crippen LogP contribution in [0, 0.1) is 18.4 Å². The predicted molar refractivity (Wildman–Crippen MR) is 46.8 cm³/mol. The van der Waals surface area contributed by atoms with Crippen LogP contribution >= 0.6 is 0 Å². The third kappa shape index (κ3) is 2.21. The summed E-state index contributed by atoms with van der Waals surface area (Å²) in [5.41, 5.74) is 0. The molecule has 0 unspecified atom stereocenters. The molecule has 0 atom stereocenters. The molecule has 2 nitrogen and oxygen atoms in total. The van der Waals surface area contributed by atoms with E-state index in [2.05, 4.69) is 22.8 Å². The minimum atomic E-state index is 1.07. The molecule has 1 rings (SSSR count). The molecule has 1 fully saturated rings. The van der Waals surface area contributed by atoms with E-state index in [0.29, 0.717) is 0 Å². The lowest BCUT2D eigenvalue weighted by molar-refractivity contribution is 0.171. The van der Waals surface area contributed by atoms with Crippen LogP contribution in [-0.4, -0.2) is 43.0 Å². The number of nitrogens with zero attached hydrogens (tertiary/aromatic N) is 2. The number of hydrogen-bond acceptors (Lipinski definition) is 2. The van der Waals surface area contributed by atoms with E-state index in [4.69, 9.17) is 6.42 Å². The van der Waals surface area contributed by atoms with Gasteiger partial charge in [-0.15, -0.1) is 6.42 Å². The molecule has 0 N–H and O–H groups in total. The zero-order valence-corrected chi connectivity index (χ0v) is 7.30. The van der Waals surface area contributed by atoms with Crippen molar-refractivity contribution in [1.29, 1.82) is 0 Å². The fraction of sp³-hybridized carbons (Fsp3) is 0.667. The molecule has 1 saturated heterocycles. The van der Waals surface area contributed by atoms with Crippen molar-refractivity contribution >= 4 is 0 Å². The van der Waals surface area contributed by atoms with Gasteiger partial charge in [0.15, 0.2) is 0 Å². The predicted octanol–water partition coefficient (Wildman–Crippen LogP) is 0.419. The lowest BCUT2D eigenvalue weighted by atomic mass is 10.2. The van der Waals surface area contributed by atoms with Gasteiger partial charge in [-0.1, -0.05) is 5.92 Å². The highest BCUT2D eigenvalue weighted by Crippen LogP contribution is 2.08. The summed E-state index contributed by atoms with van der Waals surface area (Å²) >= 11 is 0. The van der Waals surface area contributed by atoms with Crippen molar-refractivity contribution in [3.8, 4) is 12.3 Å². The minimum Gasteiger partial charge on any atom is -0.304 e. The highest BCUT2D eigenvalue weighted by Gasteiger charge is 2.17. The Morgan fingerprint density at radius 3 is 2.27 bits per heavy atom. The fourth-order valence-corrected chi connectivity index (χ4v) is 1.23. The van der Waals surface area contributed by atoms with Crippen molar-refractivity contribution in [2.75, 3.05) is 33.2 Å². The van der Waals surface area contributed by atoms with Crippen LogP contribution < -0.4 is 0 Å². The first-order valence-electron chi connectivity index (χ1n) is 3.97. The average molecular weight is 151 g/mol. The number of rotatable bonds is 1. The lowest BCUT2D eigenvalue weighted by Crippen LogP contribution is -2.45. The van der Waals surface area contributed by atoms with Gasteiger partial charge in [0, 0.05) is 26.2 Å². The number of likely N-dealkylation sites (N-methyl/N-ethyl adjacent to an activating group) is 1. The molecular formula is C9H15N2. The average Bonchev–Trinajstić information content (AvgIpc) is 2.05. The van der Waals surface area contributed by atoms with E-state index in [9.17, 15) is 0 Å². The normalized spacial score (nSPS) is 22.0. The SMILES string of the molecule is C#C[C](C)N1CCN(C)CC1. The third-order valence-electron chi connectivity index (χ3n) is 2.19. The number of hydrogen-bond donors (Lipinski definition) is 0. The minimum absolute atomic E-state index is 1.07. The molecule has 11 heavy (non-hydrogen) atoms. The highest BCUT2D eigenvalue weighted by molar-refractivity contribution is 5.13. The van der Waals surface area contributed by atoms with Crippen molar-refractivity contribution in [2.24, 2.45) is 0 Å². The van der Waals surface area contributed by atoms with Gasteiger partial charge < -0.3 is 4.90 Å². The van der Waals surface area contributed by atoms with E-state index in [1.165, 1.54) is 0 Å². The number of piperazine rings is 1. The second kappa shape index (κ2) is 3.75. The van der Waals surface area contributed by atoms with E-state index >= 15 is 0 Å². The molecule has 2 heteroatoms. The summed E-state index contributed by atoms with van der Waals surface area (Å²) in [4.78, 5) is 4.58. The maximum absolute atomic E-state index is 5.30. The summed E-state index contributed by atoms with van der Waals surface area (Å²) in [6.07, 6.45) is 5.30. The van der Waals surface area contributed by atoms with Gasteiger partial charge in [-0.2, -0.15) is 0 Å². The van der Waals surface area contributed by atoms with Gasteiger partial charge in [-0.3, -0.25) is 4.90 Å². The van der Waals surface area contributed by atoms with Crippen molar-refractivity contribution < 1.29 is 0 Å². The Morgan fingerprint density at radius 1 is 1.27 bits per heavy atom. The van der Waals surface area contributed by atoms with Crippen molar-refractivity contribution in [3.63, 3.8) is 0 Å². The van der Waals surface area contributed by atoms with Crippen molar-refractivity contribution in [1.82, 2.24) is 9.80 Å². The van der Waals surface area contributed by atoms with Crippen LogP contribution in [0.3, 0.4) is 0 Å². The maximum atomic E-state index is 5.30. The fourth-order valence-electron chi connectivity index (χ4n) is 1.23. The zero-order valence-electron chi connectivity index (χ0n) is 7.30. The van der Waals surface area contributed by atoms with E-state index < -0.39 is 0 Å². The first-order chi connectivity index (χ1) is 5.24. The van der Waals surface area contributed by atoms with Crippen LogP contribution in [0.4, 0.5) is 0 Å². The molecule has 0 spiro atoms. The molecule has 0 amide bonds. The van der Waals surface area contributed by atoms with Gasteiger partial charge in [-0.25, -0.2) is 0 Å². The Bertz CT molecular complexity index is 151. The molecule has 61 valence electrons. The van der Waals surface area contributed by atoms with Crippen LogP contribution in [0.2, 0.25) is 0 Å². The van der Waals surface area contributed by atoms with Crippen LogP contribution in [-0.2, 0) is 0 Å². The monoisotopic (exact) mass is 151 g/mol. The lowest BCUT2D eigenvalue weighted by Gasteiger charge is -2.33. The summed E-state index contributed by atoms with van der Waals surface area (Å²) in [5.74, 6) is 2.67. The quantitative estimate of drug-likeness (QED) is 0.501. The number of terminal acetylenes is 1. The Morgan fingerprint density at radius 2 is 1.82 bits per heavy atom. The van der Waals surface area contributed by atoms with E-state index in [1.54, 1.807) is 0 Å². The summed E-state index contributed by atoms with van der Waals surface area (Å²) in [6, 6.07) is 1.07. The first-order valence-corrected chi connectivity index (χ1v) is 3.97. The van der Waals surface area contributed by atoms with Gasteiger partial charge >= 0.3 is 0 Å². The van der Waals surface area contributed by atoms with E-state index in [0.717, 1.165) is 32.2 Å². The molecule has 0 aromatic rings. The molecular weight excluding hydrogens is 136 g/mol. The highest BCUT2D eigenvalue weighted by atomic mass is 15.3. The van der Waals surface area contributed by atoms with E-state index in [-0.39, 0.29) is 0 Å². The second-order valence-corrected chi connectivity index (χ2v) is 3.02. The van der Waals surface area contributed by atoms with Crippen LogP contribution in [0.5, 0.6) is 0 Å². The Kier molecular flexibility index (Phi) is 2.92. The van der Waals surface area contributed by atoms with Crippen LogP contribution in [0.15, 0.2) is 0 Å².